The molecule has 6 heteroatoms. The Morgan fingerprint density at radius 2 is 1.68 bits per heavy atom. The largest absolute Gasteiger partial charge is 0.361 e. The minimum atomic E-state index is -0.370. The second kappa shape index (κ2) is 7.56. The predicted molar refractivity (Wildman–Crippen MR) is 123 cm³/mol. The van der Waals surface area contributed by atoms with E-state index >= 15 is 0 Å². The van der Waals surface area contributed by atoms with Gasteiger partial charge in [-0.05, 0) is 51.2 Å². The molecule has 0 radical (unpaired) electrons. The number of hydrogen-bond acceptors (Lipinski definition) is 3. The van der Waals surface area contributed by atoms with Crippen molar-refractivity contribution in [2.45, 2.75) is 12.8 Å². The molecule has 0 atom stereocenters. The van der Waals surface area contributed by atoms with E-state index in [1.54, 1.807) is 0 Å². The Balaban J connectivity index is 1.70. The molecule has 3 heterocycles. The number of carbonyl (C=O) groups is 2. The van der Waals surface area contributed by atoms with Crippen LogP contribution >= 0.6 is 0 Å². The third-order valence-corrected chi connectivity index (χ3v) is 5.85. The van der Waals surface area contributed by atoms with Crippen LogP contribution in [0, 0.1) is 0 Å². The molecule has 156 valence electrons. The quantitative estimate of drug-likeness (QED) is 0.475. The van der Waals surface area contributed by atoms with Gasteiger partial charge in [0.05, 0.1) is 11.1 Å². The molecule has 2 aromatic carbocycles. The first-order valence-electron chi connectivity index (χ1n) is 10.4. The summed E-state index contributed by atoms with van der Waals surface area (Å²) in [5, 5.41) is 4.54. The van der Waals surface area contributed by atoms with Gasteiger partial charge in [0.25, 0.3) is 11.8 Å². The van der Waals surface area contributed by atoms with E-state index in [1.807, 2.05) is 59.4 Å². The van der Waals surface area contributed by atoms with E-state index in [2.05, 4.69) is 35.4 Å². The van der Waals surface area contributed by atoms with Crippen LogP contribution in [-0.2, 0) is 16.0 Å². The number of benzene rings is 2. The molecular formula is C25H24N4O2. The molecule has 5 rings (SSSR count). The van der Waals surface area contributed by atoms with E-state index in [0.29, 0.717) is 11.3 Å². The molecule has 6 nitrogen and oxygen atoms in total. The molecule has 31 heavy (non-hydrogen) atoms. The first-order valence-corrected chi connectivity index (χ1v) is 10.4. The van der Waals surface area contributed by atoms with Crippen LogP contribution in [0.15, 0.2) is 60.9 Å². The van der Waals surface area contributed by atoms with E-state index < -0.39 is 0 Å². The molecule has 0 spiro atoms. The topological polar surface area (TPSA) is 70.1 Å². The zero-order valence-corrected chi connectivity index (χ0v) is 17.6. The summed E-state index contributed by atoms with van der Waals surface area (Å²) < 4.78 is 1.89. The fourth-order valence-corrected chi connectivity index (χ4v) is 4.42. The number of aromatic amines is 1. The standard InChI is InChI=1S/C25H24N4O2/c1-28(2)13-7-8-16-15-29(21-12-6-4-9-17(16)21)23-22(24(30)27-25(23)31)19-14-26-20-11-5-3-10-18(19)20/h3-6,9-12,14-15,26H,7-8,13H2,1-2H3,(H,27,30,31). The summed E-state index contributed by atoms with van der Waals surface area (Å²) in [4.78, 5) is 31.2. The molecule has 0 unspecified atom stereocenters. The third-order valence-electron chi connectivity index (χ3n) is 5.85. The number of carbonyl (C=O) groups excluding carboxylic acids is 2. The molecule has 0 aliphatic carbocycles. The number of fused-ring (bicyclic) bond motifs is 2. The van der Waals surface area contributed by atoms with Crippen molar-refractivity contribution in [3.8, 4) is 0 Å². The summed E-state index contributed by atoms with van der Waals surface area (Å²) in [5.41, 5.74) is 4.56. The maximum Gasteiger partial charge on any atom is 0.275 e. The summed E-state index contributed by atoms with van der Waals surface area (Å²) >= 11 is 0. The summed E-state index contributed by atoms with van der Waals surface area (Å²) in [6.45, 7) is 0.988. The Kier molecular flexibility index (Phi) is 4.71. The SMILES string of the molecule is CN(C)CCCc1cn(C2=C(c3c[nH]c4ccccc34)C(=O)NC2=O)c2ccccc12. The first kappa shape index (κ1) is 19.3. The Labute approximate surface area is 180 Å². The van der Waals surface area contributed by atoms with Gasteiger partial charge in [0, 0.05) is 34.2 Å². The molecule has 0 saturated carbocycles. The minimum Gasteiger partial charge on any atom is -0.361 e. The highest BCUT2D eigenvalue weighted by Gasteiger charge is 2.34. The van der Waals surface area contributed by atoms with Crippen molar-refractivity contribution in [1.82, 2.24) is 19.8 Å². The van der Waals surface area contributed by atoms with Crippen molar-refractivity contribution in [2.75, 3.05) is 20.6 Å². The third kappa shape index (κ3) is 3.25. The fraction of sp³-hybridized carbons (Fsp3) is 0.200. The molecule has 2 N–H and O–H groups in total. The van der Waals surface area contributed by atoms with Crippen LogP contribution in [0.3, 0.4) is 0 Å². The Bertz CT molecular complexity index is 1360. The Hall–Kier alpha value is -3.64. The molecule has 4 aromatic rings. The molecule has 2 aromatic heterocycles. The summed E-state index contributed by atoms with van der Waals surface area (Å²) in [6.07, 6.45) is 5.74. The summed E-state index contributed by atoms with van der Waals surface area (Å²) in [5.74, 6) is -0.734. The molecule has 1 aliphatic heterocycles. The van der Waals surface area contributed by atoms with Crippen LogP contribution < -0.4 is 5.32 Å². The number of amides is 2. The van der Waals surface area contributed by atoms with Crippen molar-refractivity contribution in [2.24, 2.45) is 0 Å². The number of para-hydroxylation sites is 2. The zero-order chi connectivity index (χ0) is 21.5. The highest BCUT2D eigenvalue weighted by molar-refractivity contribution is 6.47. The minimum absolute atomic E-state index is 0.364. The second-order valence-corrected chi connectivity index (χ2v) is 8.20. The van der Waals surface area contributed by atoms with Crippen molar-refractivity contribution >= 4 is 44.9 Å². The van der Waals surface area contributed by atoms with Crippen LogP contribution in [0.2, 0.25) is 0 Å². The lowest BCUT2D eigenvalue weighted by Gasteiger charge is -2.08. The van der Waals surface area contributed by atoms with Gasteiger partial charge >= 0.3 is 0 Å². The molecule has 0 saturated heterocycles. The van der Waals surface area contributed by atoms with Crippen LogP contribution in [0.25, 0.3) is 33.1 Å². The number of H-pyrrole nitrogens is 1. The Morgan fingerprint density at radius 3 is 2.48 bits per heavy atom. The lowest BCUT2D eigenvalue weighted by molar-refractivity contribution is -0.122. The van der Waals surface area contributed by atoms with Crippen molar-refractivity contribution in [3.05, 3.63) is 72.1 Å². The zero-order valence-electron chi connectivity index (χ0n) is 17.6. The van der Waals surface area contributed by atoms with Gasteiger partial charge in [0.1, 0.15) is 5.70 Å². The number of nitrogens with one attached hydrogen (secondary N) is 2. The van der Waals surface area contributed by atoms with Gasteiger partial charge in [0.2, 0.25) is 0 Å². The van der Waals surface area contributed by atoms with E-state index in [4.69, 9.17) is 0 Å². The summed E-state index contributed by atoms with van der Waals surface area (Å²) in [7, 11) is 4.13. The molecule has 0 bridgehead atoms. The number of hydrogen-bond donors (Lipinski definition) is 2. The van der Waals surface area contributed by atoms with Gasteiger partial charge < -0.3 is 14.5 Å². The average molecular weight is 412 g/mol. The molecule has 0 fully saturated rings. The number of aromatic nitrogens is 2. The monoisotopic (exact) mass is 412 g/mol. The van der Waals surface area contributed by atoms with E-state index in [1.165, 1.54) is 5.56 Å². The first-order chi connectivity index (χ1) is 15.0. The highest BCUT2D eigenvalue weighted by Crippen LogP contribution is 2.35. The highest BCUT2D eigenvalue weighted by atomic mass is 16.2. The maximum atomic E-state index is 13.0. The van der Waals surface area contributed by atoms with E-state index in [-0.39, 0.29) is 11.8 Å². The fourth-order valence-electron chi connectivity index (χ4n) is 4.42. The van der Waals surface area contributed by atoms with Crippen LogP contribution in [0.4, 0.5) is 0 Å². The van der Waals surface area contributed by atoms with Gasteiger partial charge in [0.15, 0.2) is 0 Å². The normalized spacial score (nSPS) is 14.4. The van der Waals surface area contributed by atoms with Crippen molar-refractivity contribution < 1.29 is 9.59 Å². The van der Waals surface area contributed by atoms with Gasteiger partial charge in [-0.2, -0.15) is 0 Å². The lowest BCUT2D eigenvalue weighted by atomic mass is 10.0. The molecular weight excluding hydrogens is 388 g/mol. The van der Waals surface area contributed by atoms with Crippen LogP contribution in [0.1, 0.15) is 17.5 Å². The van der Waals surface area contributed by atoms with Gasteiger partial charge in [-0.15, -0.1) is 0 Å². The number of imide groups is 1. The van der Waals surface area contributed by atoms with Crippen molar-refractivity contribution in [3.63, 3.8) is 0 Å². The second-order valence-electron chi connectivity index (χ2n) is 8.20. The maximum absolute atomic E-state index is 13.0. The van der Waals surface area contributed by atoms with Gasteiger partial charge in [-0.1, -0.05) is 36.4 Å². The number of rotatable bonds is 6. The molecule has 2 amide bonds. The van der Waals surface area contributed by atoms with Gasteiger partial charge in [-0.25, -0.2) is 0 Å². The predicted octanol–water partition coefficient (Wildman–Crippen LogP) is 3.64. The van der Waals surface area contributed by atoms with Crippen LogP contribution in [0.5, 0.6) is 0 Å². The van der Waals surface area contributed by atoms with E-state index in [9.17, 15) is 9.59 Å². The lowest BCUT2D eigenvalue weighted by Crippen LogP contribution is -2.23. The van der Waals surface area contributed by atoms with Crippen LogP contribution in [-0.4, -0.2) is 46.9 Å². The smallest absolute Gasteiger partial charge is 0.275 e. The number of nitrogens with zero attached hydrogens (tertiary/aromatic N) is 2. The average Bonchev–Trinajstić information content (AvgIpc) is 3.41. The number of aryl methyl sites for hydroxylation is 1. The molecule has 1 aliphatic rings. The van der Waals surface area contributed by atoms with Crippen molar-refractivity contribution in [1.29, 1.82) is 0 Å². The van der Waals surface area contributed by atoms with E-state index in [0.717, 1.165) is 46.8 Å². The van der Waals surface area contributed by atoms with Gasteiger partial charge in [-0.3, -0.25) is 14.9 Å². The Morgan fingerprint density at radius 1 is 0.935 bits per heavy atom. The summed E-state index contributed by atoms with van der Waals surface area (Å²) in [6, 6.07) is 15.8.